The van der Waals surface area contributed by atoms with Gasteiger partial charge in [-0.05, 0) is 57.6 Å². The fourth-order valence-corrected chi connectivity index (χ4v) is 4.39. The van der Waals surface area contributed by atoms with Crippen molar-refractivity contribution in [3.8, 4) is 23.0 Å². The molecule has 2 aliphatic rings. The maximum atomic E-state index is 13.8. The Bertz CT molecular complexity index is 1280. The summed E-state index contributed by atoms with van der Waals surface area (Å²) in [4.78, 5) is 24.6. The summed E-state index contributed by atoms with van der Waals surface area (Å²) >= 11 is 0. The summed E-state index contributed by atoms with van der Waals surface area (Å²) in [7, 11) is 1.79. The molecule has 11 nitrogen and oxygen atoms in total. The lowest BCUT2D eigenvalue weighted by Crippen LogP contribution is -2.29. The summed E-state index contributed by atoms with van der Waals surface area (Å²) in [6, 6.07) is 5.26. The lowest BCUT2D eigenvalue weighted by molar-refractivity contribution is -0.143. The number of anilines is 1. The first-order chi connectivity index (χ1) is 17.8. The molecular weight excluding hydrogens is 481 g/mol. The zero-order chi connectivity index (χ0) is 26.0. The number of hydrogen-bond donors (Lipinski definition) is 2. The maximum Gasteiger partial charge on any atom is 0.306 e. The number of alkyl halides is 1. The first kappa shape index (κ1) is 24.8. The SMILES string of the molecule is Cc1nc(-c2nnn(C)c2CNc2nccc(OCC3(F)CC3)n2)ccc1O[C@H]1CCC[C@H](C(=O)O)C1. The largest absolute Gasteiger partial charge is 0.489 e. The molecule has 3 aromatic heterocycles. The van der Waals surface area contributed by atoms with Gasteiger partial charge in [-0.15, -0.1) is 5.10 Å². The second kappa shape index (κ2) is 10.3. The Balaban J connectivity index is 1.25. The summed E-state index contributed by atoms with van der Waals surface area (Å²) < 4.78 is 27.1. The molecule has 0 bridgehead atoms. The molecule has 2 N–H and O–H groups in total. The Morgan fingerprint density at radius 3 is 2.86 bits per heavy atom. The van der Waals surface area contributed by atoms with Gasteiger partial charge < -0.3 is 19.9 Å². The van der Waals surface area contributed by atoms with Gasteiger partial charge in [0.2, 0.25) is 11.8 Å². The minimum absolute atomic E-state index is 0.00906. The standard InChI is InChI=1S/C25H30FN7O4/c1-15-20(37-17-5-3-4-16(12-17)23(34)35)7-6-18(29-15)22-19(33(2)32-31-22)13-28-24-27-11-8-21(30-24)36-14-25(26)9-10-25/h6-8,11,16-17H,3-5,9-10,12-14H2,1-2H3,(H,34,35)(H,27,28,30)/t16-,17-/m0/s1. The van der Waals surface area contributed by atoms with E-state index in [2.05, 4.69) is 30.6 Å². The molecule has 0 unspecified atom stereocenters. The third kappa shape index (κ3) is 5.95. The fraction of sp³-hybridized carbons (Fsp3) is 0.520. The van der Waals surface area contributed by atoms with Crippen LogP contribution < -0.4 is 14.8 Å². The highest BCUT2D eigenvalue weighted by molar-refractivity contribution is 5.70. The first-order valence-corrected chi connectivity index (χ1v) is 12.4. The van der Waals surface area contributed by atoms with Gasteiger partial charge in [0.15, 0.2) is 0 Å². The molecule has 196 valence electrons. The molecule has 2 atom stereocenters. The number of pyridine rings is 1. The Morgan fingerprint density at radius 1 is 1.27 bits per heavy atom. The van der Waals surface area contributed by atoms with E-state index in [0.29, 0.717) is 66.9 Å². The molecule has 37 heavy (non-hydrogen) atoms. The number of carboxylic acids is 1. The van der Waals surface area contributed by atoms with Crippen LogP contribution in [0.3, 0.4) is 0 Å². The van der Waals surface area contributed by atoms with Gasteiger partial charge in [0.05, 0.1) is 35.6 Å². The summed E-state index contributed by atoms with van der Waals surface area (Å²) in [5.74, 6) is 0.155. The number of carboxylic acid groups (broad SMARTS) is 1. The zero-order valence-corrected chi connectivity index (χ0v) is 20.9. The number of carbonyl (C=O) groups is 1. The van der Waals surface area contributed by atoms with Crippen molar-refractivity contribution in [2.75, 3.05) is 11.9 Å². The van der Waals surface area contributed by atoms with E-state index >= 15 is 0 Å². The van der Waals surface area contributed by atoms with Crippen LogP contribution in [0.25, 0.3) is 11.4 Å². The van der Waals surface area contributed by atoms with Crippen molar-refractivity contribution in [3.05, 3.63) is 35.8 Å². The van der Waals surface area contributed by atoms with Gasteiger partial charge in [-0.2, -0.15) is 4.98 Å². The van der Waals surface area contributed by atoms with Crippen molar-refractivity contribution in [2.45, 2.75) is 63.8 Å². The summed E-state index contributed by atoms with van der Waals surface area (Å²) in [6.45, 7) is 2.17. The number of aryl methyl sites for hydroxylation is 2. The van der Waals surface area contributed by atoms with Gasteiger partial charge in [0, 0.05) is 19.3 Å². The van der Waals surface area contributed by atoms with Gasteiger partial charge in [-0.1, -0.05) is 5.21 Å². The Kier molecular flexibility index (Phi) is 6.90. The van der Waals surface area contributed by atoms with Crippen LogP contribution in [0, 0.1) is 12.8 Å². The number of aromatic nitrogens is 6. The Labute approximate surface area is 213 Å². The molecule has 0 amide bonds. The number of aliphatic carboxylic acids is 1. The van der Waals surface area contributed by atoms with Crippen molar-refractivity contribution in [1.29, 1.82) is 0 Å². The van der Waals surface area contributed by atoms with Crippen LogP contribution >= 0.6 is 0 Å². The van der Waals surface area contributed by atoms with Crippen LogP contribution in [0.5, 0.6) is 11.6 Å². The molecule has 3 heterocycles. The minimum Gasteiger partial charge on any atom is -0.489 e. The van der Waals surface area contributed by atoms with Gasteiger partial charge >= 0.3 is 5.97 Å². The molecule has 0 spiro atoms. The van der Waals surface area contributed by atoms with Crippen molar-refractivity contribution >= 4 is 11.9 Å². The van der Waals surface area contributed by atoms with Crippen molar-refractivity contribution < 1.29 is 23.8 Å². The number of nitrogens with zero attached hydrogens (tertiary/aromatic N) is 6. The lowest BCUT2D eigenvalue weighted by Gasteiger charge is -2.27. The smallest absolute Gasteiger partial charge is 0.306 e. The lowest BCUT2D eigenvalue weighted by atomic mass is 9.87. The molecule has 0 aliphatic heterocycles. The molecule has 2 aliphatic carbocycles. The van der Waals surface area contributed by atoms with Crippen LogP contribution in [0.2, 0.25) is 0 Å². The number of nitrogens with one attached hydrogen (secondary N) is 1. The van der Waals surface area contributed by atoms with Crippen molar-refractivity contribution in [1.82, 2.24) is 29.9 Å². The third-order valence-electron chi connectivity index (χ3n) is 6.81. The topological polar surface area (TPSA) is 137 Å². The number of hydrogen-bond acceptors (Lipinski definition) is 9. The summed E-state index contributed by atoms with van der Waals surface area (Å²) in [6.07, 6.45) is 5.30. The Morgan fingerprint density at radius 2 is 2.11 bits per heavy atom. The molecule has 5 rings (SSSR count). The predicted octanol–water partition coefficient (Wildman–Crippen LogP) is 3.49. The summed E-state index contributed by atoms with van der Waals surface area (Å²) in [5.41, 5.74) is 1.48. The molecule has 2 fully saturated rings. The highest BCUT2D eigenvalue weighted by atomic mass is 19.1. The molecular formula is C25H30FN7O4. The van der Waals surface area contributed by atoms with Crippen molar-refractivity contribution in [2.24, 2.45) is 13.0 Å². The second-order valence-electron chi connectivity index (χ2n) is 9.74. The predicted molar refractivity (Wildman–Crippen MR) is 131 cm³/mol. The minimum atomic E-state index is -1.23. The zero-order valence-electron chi connectivity index (χ0n) is 20.9. The highest BCUT2D eigenvalue weighted by Gasteiger charge is 2.44. The van der Waals surface area contributed by atoms with Crippen LogP contribution in [0.15, 0.2) is 24.4 Å². The van der Waals surface area contributed by atoms with Crippen LogP contribution in [-0.2, 0) is 18.4 Å². The normalized spacial score (nSPS) is 20.3. The monoisotopic (exact) mass is 511 g/mol. The van der Waals surface area contributed by atoms with Crippen LogP contribution in [-0.4, -0.2) is 59.4 Å². The van der Waals surface area contributed by atoms with Crippen LogP contribution in [0.4, 0.5) is 10.3 Å². The number of rotatable bonds is 10. The molecule has 0 radical (unpaired) electrons. The highest BCUT2D eigenvalue weighted by Crippen LogP contribution is 2.39. The van der Waals surface area contributed by atoms with E-state index < -0.39 is 11.6 Å². The molecule has 12 heteroatoms. The third-order valence-corrected chi connectivity index (χ3v) is 6.81. The molecule has 3 aromatic rings. The van der Waals surface area contributed by atoms with Gasteiger partial charge in [0.25, 0.3) is 0 Å². The fourth-order valence-electron chi connectivity index (χ4n) is 4.39. The number of ether oxygens (including phenoxy) is 2. The molecule has 0 saturated heterocycles. The van der Waals surface area contributed by atoms with E-state index in [1.54, 1.807) is 24.0 Å². The first-order valence-electron chi connectivity index (χ1n) is 12.4. The van der Waals surface area contributed by atoms with Gasteiger partial charge in [0.1, 0.15) is 23.7 Å². The average Bonchev–Trinajstić information content (AvgIpc) is 3.52. The van der Waals surface area contributed by atoms with E-state index in [4.69, 9.17) is 9.47 Å². The summed E-state index contributed by atoms with van der Waals surface area (Å²) in [5, 5.41) is 20.9. The number of halogens is 1. The van der Waals surface area contributed by atoms with E-state index in [1.165, 1.54) is 0 Å². The quantitative estimate of drug-likeness (QED) is 0.416. The second-order valence-corrected chi connectivity index (χ2v) is 9.74. The van der Waals surface area contributed by atoms with Gasteiger partial charge in [-0.3, -0.25) is 4.79 Å². The van der Waals surface area contributed by atoms with E-state index in [0.717, 1.165) is 18.5 Å². The van der Waals surface area contributed by atoms with E-state index in [-0.39, 0.29) is 18.6 Å². The van der Waals surface area contributed by atoms with Crippen LogP contribution in [0.1, 0.15) is 49.9 Å². The Hall–Kier alpha value is -3.83. The van der Waals surface area contributed by atoms with E-state index in [1.807, 2.05) is 19.1 Å². The average molecular weight is 512 g/mol. The van der Waals surface area contributed by atoms with Crippen molar-refractivity contribution in [3.63, 3.8) is 0 Å². The van der Waals surface area contributed by atoms with Gasteiger partial charge in [-0.25, -0.2) is 19.0 Å². The molecule has 2 saturated carbocycles. The van der Waals surface area contributed by atoms with E-state index in [9.17, 15) is 14.3 Å². The molecule has 0 aromatic carbocycles. The maximum absolute atomic E-state index is 13.8.